The molecule has 7 nitrogen and oxygen atoms in total. The Morgan fingerprint density at radius 3 is 2.34 bits per heavy atom. The first-order valence-electron chi connectivity index (χ1n) is 10.7. The Hall–Kier alpha value is -3.84. The van der Waals surface area contributed by atoms with E-state index in [2.05, 4.69) is 39.4 Å². The molecule has 0 aliphatic carbocycles. The molecule has 0 saturated carbocycles. The van der Waals surface area contributed by atoms with E-state index in [4.69, 9.17) is 4.42 Å². The number of hydrogen-bond acceptors (Lipinski definition) is 5. The molecule has 0 radical (unpaired) electrons. The minimum atomic E-state index is -0.230. The van der Waals surface area contributed by atoms with E-state index in [0.717, 1.165) is 37.6 Å². The molecule has 1 fully saturated rings. The number of carbonyl (C=O) groups excluding carboxylic acids is 1. The molecule has 1 amide bonds. The van der Waals surface area contributed by atoms with E-state index < -0.39 is 0 Å². The van der Waals surface area contributed by atoms with Gasteiger partial charge in [-0.3, -0.25) is 4.79 Å². The van der Waals surface area contributed by atoms with Gasteiger partial charge in [0.15, 0.2) is 5.76 Å². The largest absolute Gasteiger partial charge is 0.463 e. The number of piperazine rings is 1. The van der Waals surface area contributed by atoms with Crippen LogP contribution in [0.25, 0.3) is 17.1 Å². The molecule has 0 atom stereocenters. The summed E-state index contributed by atoms with van der Waals surface area (Å²) < 4.78 is 7.13. The third-order valence-electron chi connectivity index (χ3n) is 5.71. The predicted octanol–water partition coefficient (Wildman–Crippen LogP) is 4.14. The first kappa shape index (κ1) is 20.1. The van der Waals surface area contributed by atoms with Crippen LogP contribution < -0.4 is 10.2 Å². The zero-order valence-electron chi connectivity index (χ0n) is 17.9. The topological polar surface area (TPSA) is 66.5 Å². The molecule has 2 aromatic heterocycles. The van der Waals surface area contributed by atoms with Crippen LogP contribution in [0.3, 0.4) is 0 Å². The first-order valence-corrected chi connectivity index (χ1v) is 10.7. The van der Waals surface area contributed by atoms with Crippen molar-refractivity contribution >= 4 is 17.3 Å². The smallest absolute Gasteiger partial charge is 0.274 e. The Morgan fingerprint density at radius 1 is 0.906 bits per heavy atom. The van der Waals surface area contributed by atoms with Gasteiger partial charge in [0, 0.05) is 43.6 Å². The average molecular weight is 428 g/mol. The van der Waals surface area contributed by atoms with Gasteiger partial charge in [0.2, 0.25) is 0 Å². The number of para-hydroxylation sites is 1. The second-order valence-electron chi connectivity index (χ2n) is 7.93. The van der Waals surface area contributed by atoms with E-state index in [9.17, 15) is 4.79 Å². The van der Waals surface area contributed by atoms with Gasteiger partial charge in [0.05, 0.1) is 12.0 Å². The summed E-state index contributed by atoms with van der Waals surface area (Å²) >= 11 is 0. The van der Waals surface area contributed by atoms with E-state index in [1.807, 2.05) is 48.5 Å². The molecular weight excluding hydrogens is 402 g/mol. The fourth-order valence-corrected chi connectivity index (χ4v) is 3.87. The lowest BCUT2D eigenvalue weighted by Crippen LogP contribution is -2.44. The SMILES string of the molecule is CN1CCN(c2ccc(NC(=O)c3cc(-c4ccco4)nn3-c3ccccc3)cc2)CC1. The quantitative estimate of drug-likeness (QED) is 0.519. The lowest BCUT2D eigenvalue weighted by molar-refractivity contribution is 0.101. The number of benzene rings is 2. The zero-order valence-corrected chi connectivity index (χ0v) is 17.9. The molecule has 0 spiro atoms. The maximum atomic E-state index is 13.2. The molecule has 3 heterocycles. The van der Waals surface area contributed by atoms with E-state index in [-0.39, 0.29) is 5.91 Å². The molecule has 2 aromatic carbocycles. The summed E-state index contributed by atoms with van der Waals surface area (Å²) in [7, 11) is 2.15. The van der Waals surface area contributed by atoms with Crippen molar-refractivity contribution in [2.24, 2.45) is 0 Å². The third kappa shape index (κ3) is 4.15. The van der Waals surface area contributed by atoms with Gasteiger partial charge in [-0.25, -0.2) is 4.68 Å². The first-order chi connectivity index (χ1) is 15.7. The Morgan fingerprint density at radius 2 is 1.66 bits per heavy atom. The van der Waals surface area contributed by atoms with Gasteiger partial charge in [-0.1, -0.05) is 18.2 Å². The molecule has 0 unspecified atom stereocenters. The summed E-state index contributed by atoms with van der Waals surface area (Å²) in [4.78, 5) is 17.9. The van der Waals surface area contributed by atoms with Crippen LogP contribution in [-0.2, 0) is 0 Å². The van der Waals surface area contributed by atoms with Crippen molar-refractivity contribution in [2.45, 2.75) is 0 Å². The van der Waals surface area contributed by atoms with Crippen molar-refractivity contribution in [2.75, 3.05) is 43.4 Å². The molecule has 7 heteroatoms. The van der Waals surface area contributed by atoms with Crippen molar-refractivity contribution < 1.29 is 9.21 Å². The van der Waals surface area contributed by atoms with Crippen molar-refractivity contribution in [1.82, 2.24) is 14.7 Å². The van der Waals surface area contributed by atoms with Crippen LogP contribution in [0.1, 0.15) is 10.5 Å². The molecule has 1 saturated heterocycles. The lowest BCUT2D eigenvalue weighted by atomic mass is 10.2. The number of amides is 1. The number of furan rings is 1. The van der Waals surface area contributed by atoms with E-state index in [1.54, 1.807) is 23.1 Å². The summed E-state index contributed by atoms with van der Waals surface area (Å²) in [5.41, 5.74) is 3.76. The van der Waals surface area contributed by atoms with Crippen LogP contribution >= 0.6 is 0 Å². The molecule has 32 heavy (non-hydrogen) atoms. The zero-order chi connectivity index (χ0) is 21.9. The molecule has 4 aromatic rings. The summed E-state index contributed by atoms with van der Waals surface area (Å²) in [5, 5.41) is 7.63. The Labute approximate surface area is 186 Å². The number of carbonyl (C=O) groups is 1. The summed E-state index contributed by atoms with van der Waals surface area (Å²) in [5.74, 6) is 0.386. The van der Waals surface area contributed by atoms with Crippen LogP contribution in [0.15, 0.2) is 83.5 Å². The second-order valence-corrected chi connectivity index (χ2v) is 7.93. The average Bonchev–Trinajstić information content (AvgIpc) is 3.51. The van der Waals surface area contributed by atoms with E-state index in [0.29, 0.717) is 17.1 Å². The van der Waals surface area contributed by atoms with Crippen LogP contribution in [0.4, 0.5) is 11.4 Å². The molecule has 1 aliphatic rings. The van der Waals surface area contributed by atoms with Crippen molar-refractivity contribution in [3.8, 4) is 17.1 Å². The van der Waals surface area contributed by atoms with E-state index >= 15 is 0 Å². The number of nitrogens with one attached hydrogen (secondary N) is 1. The number of aromatic nitrogens is 2. The van der Waals surface area contributed by atoms with Crippen molar-refractivity contribution in [3.05, 3.63) is 84.8 Å². The number of rotatable bonds is 5. The highest BCUT2D eigenvalue weighted by Crippen LogP contribution is 2.24. The van der Waals surface area contributed by atoms with Gasteiger partial charge < -0.3 is 19.5 Å². The summed E-state index contributed by atoms with van der Waals surface area (Å²) in [6.07, 6.45) is 1.60. The van der Waals surface area contributed by atoms with Crippen molar-refractivity contribution in [3.63, 3.8) is 0 Å². The maximum Gasteiger partial charge on any atom is 0.274 e. The maximum absolute atomic E-state index is 13.2. The van der Waals surface area contributed by atoms with Crippen LogP contribution in [0.5, 0.6) is 0 Å². The van der Waals surface area contributed by atoms with Gasteiger partial charge in [0.25, 0.3) is 5.91 Å². The van der Waals surface area contributed by atoms with Crippen LogP contribution in [0, 0.1) is 0 Å². The standard InChI is InChI=1S/C25H25N5O2/c1-28-13-15-29(16-14-28)20-11-9-19(10-12-20)26-25(31)23-18-22(24-8-5-17-32-24)27-30(23)21-6-3-2-4-7-21/h2-12,17-18H,13-16H2,1H3,(H,26,31). The highest BCUT2D eigenvalue weighted by molar-refractivity contribution is 6.04. The van der Waals surface area contributed by atoms with Gasteiger partial charge in [-0.15, -0.1) is 0 Å². The third-order valence-corrected chi connectivity index (χ3v) is 5.71. The van der Waals surface area contributed by atoms with Crippen molar-refractivity contribution in [1.29, 1.82) is 0 Å². The van der Waals surface area contributed by atoms with Crippen LogP contribution in [-0.4, -0.2) is 53.8 Å². The Bertz CT molecular complexity index is 1180. The Balaban J connectivity index is 1.38. The molecule has 0 bridgehead atoms. The normalized spacial score (nSPS) is 14.5. The highest BCUT2D eigenvalue weighted by atomic mass is 16.3. The summed E-state index contributed by atoms with van der Waals surface area (Å²) in [6.45, 7) is 4.13. The number of hydrogen-bond donors (Lipinski definition) is 1. The molecule has 5 rings (SSSR count). The summed E-state index contributed by atoms with van der Waals surface area (Å²) in [6, 6.07) is 23.0. The molecule has 162 valence electrons. The number of anilines is 2. The fourth-order valence-electron chi connectivity index (χ4n) is 3.87. The van der Waals surface area contributed by atoms with Crippen LogP contribution in [0.2, 0.25) is 0 Å². The fraction of sp³-hybridized carbons (Fsp3) is 0.200. The number of likely N-dealkylation sites (N-methyl/N-ethyl adjacent to an activating group) is 1. The minimum absolute atomic E-state index is 0.230. The minimum Gasteiger partial charge on any atom is -0.463 e. The van der Waals surface area contributed by atoms with Gasteiger partial charge in [0.1, 0.15) is 11.4 Å². The second kappa shape index (κ2) is 8.72. The monoisotopic (exact) mass is 427 g/mol. The van der Waals surface area contributed by atoms with Gasteiger partial charge in [-0.05, 0) is 55.6 Å². The highest BCUT2D eigenvalue weighted by Gasteiger charge is 2.19. The van der Waals surface area contributed by atoms with Gasteiger partial charge >= 0.3 is 0 Å². The molecular formula is C25H25N5O2. The molecule has 1 N–H and O–H groups in total. The lowest BCUT2D eigenvalue weighted by Gasteiger charge is -2.34. The Kier molecular flexibility index (Phi) is 5.47. The number of nitrogens with zero attached hydrogens (tertiary/aromatic N) is 4. The molecule has 1 aliphatic heterocycles. The van der Waals surface area contributed by atoms with Gasteiger partial charge in [-0.2, -0.15) is 5.10 Å². The van der Waals surface area contributed by atoms with E-state index in [1.165, 1.54) is 5.69 Å². The predicted molar refractivity (Wildman–Crippen MR) is 125 cm³/mol.